The number of hydrogen-bond donors (Lipinski definition) is 2. The second-order valence-corrected chi connectivity index (χ2v) is 6.75. The van der Waals surface area contributed by atoms with Gasteiger partial charge in [0.1, 0.15) is 0 Å². The first-order valence-electron chi connectivity index (χ1n) is 7.22. The van der Waals surface area contributed by atoms with Crippen LogP contribution < -0.4 is 10.6 Å². The van der Waals surface area contributed by atoms with Crippen LogP contribution in [-0.2, 0) is 4.79 Å². The van der Waals surface area contributed by atoms with E-state index in [1.807, 2.05) is 13.1 Å². The fraction of sp³-hybridized carbons (Fsp3) is 0.533. The van der Waals surface area contributed by atoms with Gasteiger partial charge in [0.05, 0.1) is 17.3 Å². The van der Waals surface area contributed by atoms with E-state index < -0.39 is 0 Å². The van der Waals surface area contributed by atoms with Gasteiger partial charge in [-0.25, -0.2) is 0 Å². The highest BCUT2D eigenvalue weighted by molar-refractivity contribution is 9.10. The molecule has 1 aliphatic rings. The zero-order valence-electron chi connectivity index (χ0n) is 12.2. The van der Waals surface area contributed by atoms with Crippen molar-refractivity contribution in [3.8, 4) is 0 Å². The van der Waals surface area contributed by atoms with Gasteiger partial charge in [0.2, 0.25) is 5.91 Å². The van der Waals surface area contributed by atoms with Gasteiger partial charge in [-0.1, -0.05) is 27.5 Å². The van der Waals surface area contributed by atoms with Gasteiger partial charge in [-0.3, -0.25) is 9.69 Å². The smallest absolute Gasteiger partial charge is 0.238 e. The zero-order valence-corrected chi connectivity index (χ0v) is 14.5. The zero-order chi connectivity index (χ0) is 15.2. The van der Waals surface area contributed by atoms with E-state index in [9.17, 15) is 4.79 Å². The fourth-order valence-electron chi connectivity index (χ4n) is 2.58. The number of carbonyl (C=O) groups is 1. The summed E-state index contributed by atoms with van der Waals surface area (Å²) < 4.78 is 0.897. The molecule has 1 aromatic carbocycles. The molecular formula is C15H21BrClN3O. The summed E-state index contributed by atoms with van der Waals surface area (Å²) in [6.07, 6.45) is 3.38. The van der Waals surface area contributed by atoms with Gasteiger partial charge >= 0.3 is 0 Å². The first-order chi connectivity index (χ1) is 10.1. The van der Waals surface area contributed by atoms with Crippen LogP contribution in [0, 0.1) is 0 Å². The summed E-state index contributed by atoms with van der Waals surface area (Å²) in [5.74, 6) is -0.0288. The van der Waals surface area contributed by atoms with Gasteiger partial charge < -0.3 is 10.6 Å². The second kappa shape index (κ2) is 8.13. The third-order valence-corrected chi connectivity index (χ3v) is 4.57. The summed E-state index contributed by atoms with van der Waals surface area (Å²) in [7, 11) is 2.01. The Morgan fingerprint density at radius 2 is 2.29 bits per heavy atom. The van der Waals surface area contributed by atoms with Crippen LogP contribution in [0.25, 0.3) is 0 Å². The van der Waals surface area contributed by atoms with Crippen LogP contribution in [0.2, 0.25) is 5.02 Å². The molecule has 1 saturated heterocycles. The summed E-state index contributed by atoms with van der Waals surface area (Å²) in [5.41, 5.74) is 0.654. The predicted molar refractivity (Wildman–Crippen MR) is 90.9 cm³/mol. The summed E-state index contributed by atoms with van der Waals surface area (Å²) in [4.78, 5) is 14.3. The van der Waals surface area contributed by atoms with Crippen LogP contribution in [0.3, 0.4) is 0 Å². The molecule has 116 valence electrons. The lowest BCUT2D eigenvalue weighted by atomic mass is 10.1. The molecule has 1 fully saturated rings. The van der Waals surface area contributed by atoms with E-state index in [0.29, 0.717) is 23.3 Å². The van der Waals surface area contributed by atoms with Crippen molar-refractivity contribution in [2.45, 2.75) is 25.3 Å². The first-order valence-corrected chi connectivity index (χ1v) is 8.39. The highest BCUT2D eigenvalue weighted by Gasteiger charge is 2.19. The molecule has 21 heavy (non-hydrogen) atoms. The Hall–Kier alpha value is -0.620. The minimum atomic E-state index is -0.0288. The Balaban J connectivity index is 1.88. The number of carbonyl (C=O) groups excluding carboxylic acids is 1. The van der Waals surface area contributed by atoms with Gasteiger partial charge in [-0.15, -0.1) is 0 Å². The Labute approximate surface area is 139 Å². The molecule has 0 aromatic heterocycles. The van der Waals surface area contributed by atoms with Crippen molar-refractivity contribution in [2.75, 3.05) is 32.0 Å². The monoisotopic (exact) mass is 373 g/mol. The molecule has 1 aromatic rings. The summed E-state index contributed by atoms with van der Waals surface area (Å²) in [6, 6.07) is 5.91. The summed E-state index contributed by atoms with van der Waals surface area (Å²) in [5, 5.41) is 6.80. The van der Waals surface area contributed by atoms with Crippen molar-refractivity contribution in [1.29, 1.82) is 0 Å². The Bertz CT molecular complexity index is 490. The minimum Gasteiger partial charge on any atom is -0.324 e. The molecule has 6 heteroatoms. The lowest BCUT2D eigenvalue weighted by Gasteiger charge is -2.26. The molecule has 1 heterocycles. The van der Waals surface area contributed by atoms with Crippen molar-refractivity contribution in [3.05, 3.63) is 27.7 Å². The Morgan fingerprint density at radius 3 is 3.05 bits per heavy atom. The van der Waals surface area contributed by atoms with Crippen molar-refractivity contribution in [2.24, 2.45) is 0 Å². The maximum atomic E-state index is 12.1. The fourth-order valence-corrected chi connectivity index (χ4v) is 3.30. The molecule has 0 aliphatic carbocycles. The topological polar surface area (TPSA) is 44.4 Å². The predicted octanol–water partition coefficient (Wildman–Crippen LogP) is 3.11. The molecule has 1 aliphatic heterocycles. The average Bonchev–Trinajstić information content (AvgIpc) is 2.71. The van der Waals surface area contributed by atoms with Crippen LogP contribution in [0.15, 0.2) is 22.7 Å². The quantitative estimate of drug-likeness (QED) is 0.851. The largest absolute Gasteiger partial charge is 0.324 e. The van der Waals surface area contributed by atoms with Crippen molar-refractivity contribution in [1.82, 2.24) is 10.2 Å². The third kappa shape index (κ3) is 5.25. The van der Waals surface area contributed by atoms with E-state index >= 15 is 0 Å². The molecule has 1 atom stereocenters. The molecule has 0 saturated carbocycles. The lowest BCUT2D eigenvalue weighted by Crippen LogP contribution is -2.38. The number of nitrogens with one attached hydrogen (secondary N) is 2. The van der Waals surface area contributed by atoms with E-state index in [1.54, 1.807) is 12.1 Å². The number of nitrogens with zero attached hydrogens (tertiary/aromatic N) is 1. The maximum absolute atomic E-state index is 12.1. The van der Waals surface area contributed by atoms with E-state index in [0.717, 1.165) is 36.8 Å². The molecular weight excluding hydrogens is 354 g/mol. The molecule has 4 nitrogen and oxygen atoms in total. The van der Waals surface area contributed by atoms with Gasteiger partial charge in [0, 0.05) is 10.5 Å². The van der Waals surface area contributed by atoms with Crippen molar-refractivity contribution in [3.63, 3.8) is 0 Å². The molecule has 2 rings (SSSR count). The number of amides is 1. The standard InChI is InChI=1S/C15H21BrClN3O/c1-20(12-3-2-7-18-8-6-12)10-15(21)19-14-5-4-11(16)9-13(14)17/h4-5,9,12,18H,2-3,6-8,10H2,1H3,(H,19,21). The molecule has 0 bridgehead atoms. The van der Waals surface area contributed by atoms with Gasteiger partial charge in [0.15, 0.2) is 0 Å². The van der Waals surface area contributed by atoms with Crippen LogP contribution in [-0.4, -0.2) is 43.5 Å². The van der Waals surface area contributed by atoms with Crippen LogP contribution in [0.4, 0.5) is 5.69 Å². The van der Waals surface area contributed by atoms with Gasteiger partial charge in [-0.2, -0.15) is 0 Å². The number of halogens is 2. The van der Waals surface area contributed by atoms with Crippen molar-refractivity contribution >= 4 is 39.1 Å². The number of rotatable bonds is 4. The number of anilines is 1. The van der Waals surface area contributed by atoms with Gasteiger partial charge in [0.25, 0.3) is 0 Å². The molecule has 0 spiro atoms. The minimum absolute atomic E-state index is 0.0288. The SMILES string of the molecule is CN(CC(=O)Nc1ccc(Br)cc1Cl)C1CCCNCC1. The second-order valence-electron chi connectivity index (χ2n) is 5.42. The summed E-state index contributed by atoms with van der Waals surface area (Å²) in [6.45, 7) is 2.48. The normalized spacial score (nSPS) is 19.3. The molecule has 2 N–H and O–H groups in total. The summed E-state index contributed by atoms with van der Waals surface area (Å²) >= 11 is 9.46. The lowest BCUT2D eigenvalue weighted by molar-refractivity contribution is -0.117. The van der Waals surface area contributed by atoms with E-state index in [4.69, 9.17) is 11.6 Å². The maximum Gasteiger partial charge on any atom is 0.238 e. The number of benzene rings is 1. The van der Waals surface area contributed by atoms with Crippen LogP contribution in [0.5, 0.6) is 0 Å². The van der Waals surface area contributed by atoms with Gasteiger partial charge in [-0.05, 0) is 57.6 Å². The first kappa shape index (κ1) is 16.7. The molecule has 0 radical (unpaired) electrons. The molecule has 1 unspecified atom stereocenters. The van der Waals surface area contributed by atoms with E-state index in [2.05, 4.69) is 31.5 Å². The van der Waals surface area contributed by atoms with E-state index in [-0.39, 0.29) is 5.91 Å². The van der Waals surface area contributed by atoms with Crippen LogP contribution >= 0.6 is 27.5 Å². The highest BCUT2D eigenvalue weighted by Crippen LogP contribution is 2.25. The average molecular weight is 375 g/mol. The van der Waals surface area contributed by atoms with Crippen LogP contribution in [0.1, 0.15) is 19.3 Å². The van der Waals surface area contributed by atoms with E-state index in [1.165, 1.54) is 0 Å². The Morgan fingerprint density at radius 1 is 1.48 bits per heavy atom. The molecule has 1 amide bonds. The van der Waals surface area contributed by atoms with Crippen molar-refractivity contribution < 1.29 is 4.79 Å². The number of likely N-dealkylation sites (N-methyl/N-ethyl adjacent to an activating group) is 1. The Kier molecular flexibility index (Phi) is 6.48. The highest BCUT2D eigenvalue weighted by atomic mass is 79.9. The third-order valence-electron chi connectivity index (χ3n) is 3.77. The number of hydrogen-bond acceptors (Lipinski definition) is 3.